The number of nitrogens with zero attached hydrogens (tertiary/aromatic N) is 3. The lowest BCUT2D eigenvalue weighted by Crippen LogP contribution is -2.36. The number of furan rings is 1. The number of methoxy groups -OCH3 is 1. The first kappa shape index (κ1) is 29.1. The third-order valence-corrected chi connectivity index (χ3v) is 8.50. The Morgan fingerprint density at radius 3 is 2.54 bits per heavy atom. The molecule has 10 heteroatoms. The third-order valence-electron chi connectivity index (χ3n) is 8.50. The SMILES string of the molecule is COc1cc(C)c(N(C)C(=O)c2c(-c3ccc(F)cc3)oc3cccc(F)c23)cc1C(=O)NC1(c2ccc3ccncc3n2)CC1. The Morgan fingerprint density at radius 1 is 1.02 bits per heavy atom. The van der Waals surface area contributed by atoms with E-state index < -0.39 is 29.0 Å². The molecule has 0 saturated heterocycles. The van der Waals surface area contributed by atoms with Crippen molar-refractivity contribution in [3.63, 3.8) is 0 Å². The zero-order valence-electron chi connectivity index (χ0n) is 25.2. The third kappa shape index (κ3) is 4.92. The number of carbonyl (C=O) groups is 2. The van der Waals surface area contributed by atoms with E-state index in [2.05, 4.69) is 10.3 Å². The van der Waals surface area contributed by atoms with E-state index in [0.29, 0.717) is 35.4 Å². The van der Waals surface area contributed by atoms with Gasteiger partial charge in [0, 0.05) is 29.9 Å². The number of halogens is 2. The summed E-state index contributed by atoms with van der Waals surface area (Å²) in [4.78, 5) is 38.4. The van der Waals surface area contributed by atoms with Crippen molar-refractivity contribution in [3.8, 4) is 17.1 Å². The average molecular weight is 619 g/mol. The zero-order valence-corrected chi connectivity index (χ0v) is 25.2. The lowest BCUT2D eigenvalue weighted by molar-refractivity contribution is 0.0925. The Labute approximate surface area is 262 Å². The van der Waals surface area contributed by atoms with Crippen molar-refractivity contribution in [1.29, 1.82) is 0 Å². The van der Waals surface area contributed by atoms with E-state index >= 15 is 4.39 Å². The molecule has 0 bridgehead atoms. The summed E-state index contributed by atoms with van der Waals surface area (Å²) in [7, 11) is 3.02. The molecule has 46 heavy (non-hydrogen) atoms. The summed E-state index contributed by atoms with van der Waals surface area (Å²) in [6.07, 6.45) is 4.82. The van der Waals surface area contributed by atoms with Crippen molar-refractivity contribution in [2.24, 2.45) is 0 Å². The highest BCUT2D eigenvalue weighted by molar-refractivity contribution is 6.18. The van der Waals surface area contributed by atoms with Crippen LogP contribution in [0.3, 0.4) is 0 Å². The largest absolute Gasteiger partial charge is 0.496 e. The van der Waals surface area contributed by atoms with Crippen LogP contribution < -0.4 is 15.0 Å². The molecular weight excluding hydrogens is 590 g/mol. The number of anilines is 1. The van der Waals surface area contributed by atoms with Gasteiger partial charge in [-0.2, -0.15) is 0 Å². The van der Waals surface area contributed by atoms with Crippen molar-refractivity contribution >= 4 is 39.4 Å². The Hall–Kier alpha value is -5.64. The second kappa shape index (κ2) is 11.1. The second-order valence-electron chi connectivity index (χ2n) is 11.4. The molecule has 1 N–H and O–H groups in total. The van der Waals surface area contributed by atoms with Crippen LogP contribution in [0.2, 0.25) is 0 Å². The molecule has 1 aliphatic carbocycles. The maximum Gasteiger partial charge on any atom is 0.262 e. The fourth-order valence-electron chi connectivity index (χ4n) is 5.86. The minimum atomic E-state index is -0.643. The molecule has 8 nitrogen and oxygen atoms in total. The number of hydrogen-bond acceptors (Lipinski definition) is 6. The minimum absolute atomic E-state index is 0.0107. The van der Waals surface area contributed by atoms with Crippen LogP contribution in [0.15, 0.2) is 89.6 Å². The van der Waals surface area contributed by atoms with Gasteiger partial charge in [-0.1, -0.05) is 12.1 Å². The zero-order chi connectivity index (χ0) is 32.2. The molecule has 3 aromatic carbocycles. The molecule has 0 aliphatic heterocycles. The number of fused-ring (bicyclic) bond motifs is 2. The van der Waals surface area contributed by atoms with Crippen molar-refractivity contribution < 1.29 is 27.5 Å². The molecule has 6 aromatic rings. The Balaban J connectivity index is 1.26. The van der Waals surface area contributed by atoms with E-state index in [4.69, 9.17) is 14.1 Å². The van der Waals surface area contributed by atoms with Gasteiger partial charge in [0.15, 0.2) is 0 Å². The highest BCUT2D eigenvalue weighted by Crippen LogP contribution is 2.46. The van der Waals surface area contributed by atoms with Crippen LogP contribution in [0.5, 0.6) is 5.75 Å². The summed E-state index contributed by atoms with van der Waals surface area (Å²) in [5, 5.41) is 4.11. The average Bonchev–Trinajstić information content (AvgIpc) is 3.74. The molecule has 3 heterocycles. The van der Waals surface area contributed by atoms with Crippen LogP contribution in [0, 0.1) is 18.6 Å². The molecule has 2 amide bonds. The van der Waals surface area contributed by atoms with Crippen LogP contribution in [-0.2, 0) is 5.54 Å². The van der Waals surface area contributed by atoms with E-state index in [1.165, 1.54) is 48.4 Å². The first-order valence-electron chi connectivity index (χ1n) is 14.7. The summed E-state index contributed by atoms with van der Waals surface area (Å²) in [6.45, 7) is 1.79. The van der Waals surface area contributed by atoms with Crippen LogP contribution in [0.1, 0.15) is 44.8 Å². The number of rotatable bonds is 7. The second-order valence-corrected chi connectivity index (χ2v) is 11.4. The number of aromatic nitrogens is 2. The normalized spacial score (nSPS) is 13.5. The smallest absolute Gasteiger partial charge is 0.262 e. The van der Waals surface area contributed by atoms with Gasteiger partial charge >= 0.3 is 0 Å². The van der Waals surface area contributed by atoms with Gasteiger partial charge < -0.3 is 19.4 Å². The Kier molecular flexibility index (Phi) is 7.00. The fraction of sp³-hybridized carbons (Fsp3) is 0.167. The molecular formula is C36H28F2N4O4. The fourth-order valence-corrected chi connectivity index (χ4v) is 5.86. The van der Waals surface area contributed by atoms with Crippen LogP contribution in [0.4, 0.5) is 14.5 Å². The van der Waals surface area contributed by atoms with Gasteiger partial charge in [-0.3, -0.25) is 14.6 Å². The predicted octanol–water partition coefficient (Wildman–Crippen LogP) is 7.33. The van der Waals surface area contributed by atoms with Gasteiger partial charge in [0.05, 0.1) is 46.6 Å². The van der Waals surface area contributed by atoms with Gasteiger partial charge in [-0.15, -0.1) is 0 Å². The van der Waals surface area contributed by atoms with E-state index in [-0.39, 0.29) is 27.9 Å². The maximum atomic E-state index is 15.2. The number of amides is 2. The number of pyridine rings is 2. The van der Waals surface area contributed by atoms with Crippen LogP contribution in [0.25, 0.3) is 33.2 Å². The number of hydrogen-bond donors (Lipinski definition) is 1. The highest BCUT2D eigenvalue weighted by Gasteiger charge is 2.47. The predicted molar refractivity (Wildman–Crippen MR) is 170 cm³/mol. The minimum Gasteiger partial charge on any atom is -0.496 e. The van der Waals surface area contributed by atoms with Crippen LogP contribution >= 0.6 is 0 Å². The van der Waals surface area contributed by atoms with Crippen molar-refractivity contribution in [2.45, 2.75) is 25.3 Å². The summed E-state index contributed by atoms with van der Waals surface area (Å²) in [6, 6.07) is 18.7. The van der Waals surface area contributed by atoms with Gasteiger partial charge in [-0.05, 0) is 86.0 Å². The van der Waals surface area contributed by atoms with Crippen molar-refractivity contribution in [3.05, 3.63) is 119 Å². The van der Waals surface area contributed by atoms with Gasteiger partial charge in [0.1, 0.15) is 28.7 Å². The van der Waals surface area contributed by atoms with Crippen LogP contribution in [-0.4, -0.2) is 35.9 Å². The first-order chi connectivity index (χ1) is 22.2. The molecule has 7 rings (SSSR count). The molecule has 1 saturated carbocycles. The molecule has 3 aromatic heterocycles. The van der Waals surface area contributed by atoms with Gasteiger partial charge in [-0.25, -0.2) is 13.8 Å². The number of carbonyl (C=O) groups excluding carboxylic acids is 2. The monoisotopic (exact) mass is 618 g/mol. The molecule has 1 fully saturated rings. The van der Waals surface area contributed by atoms with E-state index in [0.717, 1.165) is 16.6 Å². The van der Waals surface area contributed by atoms with Crippen molar-refractivity contribution in [1.82, 2.24) is 15.3 Å². The summed E-state index contributed by atoms with van der Waals surface area (Å²) in [5.74, 6) is -1.62. The molecule has 0 unspecified atom stereocenters. The Bertz CT molecular complexity index is 2170. The highest BCUT2D eigenvalue weighted by atomic mass is 19.1. The Morgan fingerprint density at radius 2 is 1.80 bits per heavy atom. The summed E-state index contributed by atoms with van der Waals surface area (Å²) >= 11 is 0. The molecule has 1 aliphatic rings. The topological polar surface area (TPSA) is 97.6 Å². The maximum absolute atomic E-state index is 15.2. The summed E-state index contributed by atoms with van der Waals surface area (Å²) < 4.78 is 40.5. The van der Waals surface area contributed by atoms with E-state index in [1.54, 1.807) is 44.6 Å². The quantitative estimate of drug-likeness (QED) is 0.201. The number of benzene rings is 3. The van der Waals surface area contributed by atoms with E-state index in [9.17, 15) is 14.0 Å². The molecule has 0 atom stereocenters. The van der Waals surface area contributed by atoms with Gasteiger partial charge in [0.25, 0.3) is 11.8 Å². The first-order valence-corrected chi connectivity index (χ1v) is 14.7. The number of ether oxygens (including phenoxy) is 1. The summed E-state index contributed by atoms with van der Waals surface area (Å²) in [5.41, 5.74) is 2.67. The molecule has 0 spiro atoms. The van der Waals surface area contributed by atoms with Gasteiger partial charge in [0.2, 0.25) is 0 Å². The van der Waals surface area contributed by atoms with E-state index in [1.807, 2.05) is 18.2 Å². The lowest BCUT2D eigenvalue weighted by atomic mass is 10.0. The molecule has 230 valence electrons. The lowest BCUT2D eigenvalue weighted by Gasteiger charge is -2.23. The number of aryl methyl sites for hydroxylation is 1. The van der Waals surface area contributed by atoms with Crippen molar-refractivity contribution in [2.75, 3.05) is 19.1 Å². The number of nitrogens with one attached hydrogen (secondary N) is 1. The standard InChI is InChI=1S/C36H28F2N4O4/c1-20-17-29(45-3)24(34(43)41-36(14-15-36)30-12-9-21-13-16-39-19-26(21)40-30)18-27(20)42(2)35(44)32-31-25(38)5-4-6-28(31)46-33(32)22-7-10-23(37)11-8-22/h4-13,16-19H,14-15H2,1-3H3,(H,41,43). The molecule has 0 radical (unpaired) electrons.